The number of allylic oxidation sites excluding steroid dienone is 1. The highest BCUT2D eigenvalue weighted by Crippen LogP contribution is 2.23. The van der Waals surface area contributed by atoms with Crippen LogP contribution in [0, 0.1) is 0 Å². The second-order valence-electron chi connectivity index (χ2n) is 20.9. The molecule has 7 N–H and O–H groups in total. The number of rotatable bonds is 51. The van der Waals surface area contributed by atoms with E-state index in [-0.39, 0.29) is 6.61 Å². The molecule has 1 rings (SSSR count). The number of unbranched alkanes of at least 4 members (excludes halogenated alkanes) is 40. The van der Waals surface area contributed by atoms with Gasteiger partial charge in [0.15, 0.2) is 6.29 Å². The Hall–Kier alpha value is -1.11. The zero-order chi connectivity index (χ0) is 49.6. The number of aliphatic hydroxyl groups excluding tert-OH is 6. The summed E-state index contributed by atoms with van der Waals surface area (Å²) < 4.78 is 11.2. The van der Waals surface area contributed by atoms with E-state index in [2.05, 4.69) is 19.2 Å². The standard InChI is InChI=1S/C58H113NO9/c1-3-5-7-9-11-13-15-17-18-19-20-21-22-23-24-25-26-27-28-29-30-31-32-33-35-37-39-41-43-45-47-52(62)57(66)59-50(49-67-58-56(65)55(64)54(63)53(48-60)68-58)51(61)46-44-42-40-38-36-34-16-14-12-10-8-6-4-2/h44,46,50-56,58,60-65H,3-43,45,47-49H2,1-2H3,(H,59,66)/b46-44+. The summed E-state index contributed by atoms with van der Waals surface area (Å²) in [6, 6.07) is -0.975. The van der Waals surface area contributed by atoms with Gasteiger partial charge in [0, 0.05) is 0 Å². The van der Waals surface area contributed by atoms with Crippen molar-refractivity contribution in [2.45, 2.75) is 339 Å². The number of carbonyl (C=O) groups excluding carboxylic acids is 1. The van der Waals surface area contributed by atoms with Gasteiger partial charge in [-0.3, -0.25) is 4.79 Å². The topological polar surface area (TPSA) is 169 Å². The smallest absolute Gasteiger partial charge is 0.249 e. The lowest BCUT2D eigenvalue weighted by molar-refractivity contribution is -0.302. The largest absolute Gasteiger partial charge is 0.394 e. The SMILES string of the molecule is CCCCCCCCCCCCC/C=C/C(O)C(COC1OC(CO)C(O)C(O)C1O)NC(=O)C(O)CCCCCCCCCCCCCCCCCCCCCCCCCCCCCCCC. The van der Waals surface area contributed by atoms with Crippen LogP contribution in [0.2, 0.25) is 0 Å². The third-order valence-electron chi connectivity index (χ3n) is 14.5. The summed E-state index contributed by atoms with van der Waals surface area (Å²) in [4.78, 5) is 13.1. The molecule has 68 heavy (non-hydrogen) atoms. The van der Waals surface area contributed by atoms with Crippen LogP contribution in [0.1, 0.15) is 290 Å². The predicted octanol–water partition coefficient (Wildman–Crippen LogP) is 13.4. The van der Waals surface area contributed by atoms with Crippen molar-refractivity contribution in [3.05, 3.63) is 12.2 Å². The molecule has 1 saturated heterocycles. The monoisotopic (exact) mass is 968 g/mol. The summed E-state index contributed by atoms with van der Waals surface area (Å²) in [5.41, 5.74) is 0. The molecular weight excluding hydrogens is 855 g/mol. The van der Waals surface area contributed by atoms with Crippen molar-refractivity contribution in [1.82, 2.24) is 5.32 Å². The molecule has 0 saturated carbocycles. The normalized spacial score (nSPS) is 20.0. The van der Waals surface area contributed by atoms with Crippen LogP contribution >= 0.6 is 0 Å². The Kier molecular flexibility index (Phi) is 46.0. The van der Waals surface area contributed by atoms with Crippen LogP contribution < -0.4 is 5.32 Å². The van der Waals surface area contributed by atoms with Crippen molar-refractivity contribution in [2.75, 3.05) is 13.2 Å². The number of hydrogen-bond acceptors (Lipinski definition) is 9. The average Bonchev–Trinajstić information content (AvgIpc) is 3.34. The van der Waals surface area contributed by atoms with Gasteiger partial charge in [-0.05, 0) is 19.3 Å². The first-order chi connectivity index (χ1) is 33.3. The maximum Gasteiger partial charge on any atom is 0.249 e. The van der Waals surface area contributed by atoms with Crippen molar-refractivity contribution in [3.8, 4) is 0 Å². The molecule has 10 nitrogen and oxygen atoms in total. The highest BCUT2D eigenvalue weighted by atomic mass is 16.7. The third kappa shape index (κ3) is 36.8. The Bertz CT molecular complexity index is 1090. The number of hydrogen-bond donors (Lipinski definition) is 7. The molecule has 0 radical (unpaired) electrons. The van der Waals surface area contributed by atoms with E-state index in [1.807, 2.05) is 6.08 Å². The van der Waals surface area contributed by atoms with Gasteiger partial charge in [-0.2, -0.15) is 0 Å². The zero-order valence-electron chi connectivity index (χ0n) is 44.5. The molecule has 1 aliphatic heterocycles. The second-order valence-corrected chi connectivity index (χ2v) is 20.9. The predicted molar refractivity (Wildman–Crippen MR) is 283 cm³/mol. The first kappa shape index (κ1) is 64.9. The van der Waals surface area contributed by atoms with E-state index in [1.165, 1.54) is 225 Å². The van der Waals surface area contributed by atoms with Gasteiger partial charge in [-0.15, -0.1) is 0 Å². The van der Waals surface area contributed by atoms with Gasteiger partial charge in [0.1, 0.15) is 30.5 Å². The van der Waals surface area contributed by atoms with E-state index in [9.17, 15) is 35.4 Å². The Morgan fingerprint density at radius 1 is 0.500 bits per heavy atom. The van der Waals surface area contributed by atoms with Crippen LogP contribution in [0.4, 0.5) is 0 Å². The molecule has 404 valence electrons. The molecule has 8 unspecified atom stereocenters. The Labute approximate surface area is 419 Å². The molecule has 10 heteroatoms. The fourth-order valence-electron chi connectivity index (χ4n) is 9.70. The van der Waals surface area contributed by atoms with Gasteiger partial charge in [-0.1, -0.05) is 283 Å². The van der Waals surface area contributed by atoms with Gasteiger partial charge in [0.25, 0.3) is 0 Å². The summed E-state index contributed by atoms with van der Waals surface area (Å²) in [7, 11) is 0. The Balaban J connectivity index is 2.15. The minimum atomic E-state index is -1.61. The quantitative estimate of drug-likeness (QED) is 0.0232. The lowest BCUT2D eigenvalue weighted by Gasteiger charge is -2.40. The number of ether oxygens (including phenoxy) is 2. The maximum absolute atomic E-state index is 13.1. The highest BCUT2D eigenvalue weighted by Gasteiger charge is 2.44. The van der Waals surface area contributed by atoms with Crippen molar-refractivity contribution >= 4 is 5.91 Å². The molecule has 1 fully saturated rings. The molecule has 1 amide bonds. The Morgan fingerprint density at radius 2 is 0.838 bits per heavy atom. The molecule has 0 aromatic carbocycles. The zero-order valence-corrected chi connectivity index (χ0v) is 44.5. The number of amides is 1. The van der Waals surface area contributed by atoms with Crippen molar-refractivity contribution in [3.63, 3.8) is 0 Å². The molecular formula is C58H113NO9. The molecule has 0 bridgehead atoms. The molecule has 1 heterocycles. The number of nitrogens with one attached hydrogen (secondary N) is 1. The van der Waals surface area contributed by atoms with E-state index in [1.54, 1.807) is 6.08 Å². The Morgan fingerprint density at radius 3 is 1.19 bits per heavy atom. The van der Waals surface area contributed by atoms with E-state index < -0.39 is 61.5 Å². The summed E-state index contributed by atoms with van der Waals surface area (Å²) >= 11 is 0. The van der Waals surface area contributed by atoms with Crippen molar-refractivity contribution in [1.29, 1.82) is 0 Å². The van der Waals surface area contributed by atoms with Crippen molar-refractivity contribution < 1.29 is 44.9 Å². The first-order valence-electron chi connectivity index (χ1n) is 29.5. The van der Waals surface area contributed by atoms with E-state index in [0.717, 1.165) is 44.9 Å². The van der Waals surface area contributed by atoms with Crippen molar-refractivity contribution in [2.24, 2.45) is 0 Å². The van der Waals surface area contributed by atoms with Gasteiger partial charge < -0.3 is 45.4 Å². The maximum atomic E-state index is 13.1. The molecule has 0 spiro atoms. The van der Waals surface area contributed by atoms with Crippen LogP contribution in [0.15, 0.2) is 12.2 Å². The van der Waals surface area contributed by atoms with Crippen LogP contribution in [-0.4, -0.2) is 98.7 Å². The highest BCUT2D eigenvalue weighted by molar-refractivity contribution is 5.80. The van der Waals surface area contributed by atoms with Gasteiger partial charge >= 0.3 is 0 Å². The lowest BCUT2D eigenvalue weighted by Crippen LogP contribution is -2.60. The number of carbonyl (C=O) groups is 1. The third-order valence-corrected chi connectivity index (χ3v) is 14.5. The van der Waals surface area contributed by atoms with E-state index >= 15 is 0 Å². The fraction of sp³-hybridized carbons (Fsp3) is 0.948. The molecule has 0 aromatic heterocycles. The molecule has 8 atom stereocenters. The second kappa shape index (κ2) is 48.2. The molecule has 0 aliphatic carbocycles. The minimum Gasteiger partial charge on any atom is -0.394 e. The summed E-state index contributed by atoms with van der Waals surface area (Å²) in [5.74, 6) is -0.611. The van der Waals surface area contributed by atoms with Gasteiger partial charge in [0.05, 0.1) is 25.4 Å². The molecule has 1 aliphatic rings. The van der Waals surface area contributed by atoms with Gasteiger partial charge in [0.2, 0.25) is 5.91 Å². The average molecular weight is 969 g/mol. The first-order valence-corrected chi connectivity index (χ1v) is 29.5. The summed E-state index contributed by atoms with van der Waals surface area (Å²) in [6.45, 7) is 3.64. The minimum absolute atomic E-state index is 0.301. The summed E-state index contributed by atoms with van der Waals surface area (Å²) in [6.07, 6.45) is 49.1. The van der Waals surface area contributed by atoms with Crippen LogP contribution in [-0.2, 0) is 14.3 Å². The van der Waals surface area contributed by atoms with Crippen LogP contribution in [0.3, 0.4) is 0 Å². The van der Waals surface area contributed by atoms with Crippen LogP contribution in [0.25, 0.3) is 0 Å². The lowest BCUT2D eigenvalue weighted by atomic mass is 9.99. The fourth-order valence-corrected chi connectivity index (χ4v) is 9.70. The van der Waals surface area contributed by atoms with E-state index in [4.69, 9.17) is 9.47 Å². The van der Waals surface area contributed by atoms with E-state index in [0.29, 0.717) is 6.42 Å². The van der Waals surface area contributed by atoms with Crippen LogP contribution in [0.5, 0.6) is 0 Å². The summed E-state index contributed by atoms with van der Waals surface area (Å²) in [5, 5.41) is 64.9. The van der Waals surface area contributed by atoms with Gasteiger partial charge in [-0.25, -0.2) is 0 Å². The molecule has 0 aromatic rings. The number of aliphatic hydroxyl groups is 6.